The Balaban J connectivity index is 2.09. The molecule has 0 bridgehead atoms. The minimum absolute atomic E-state index is 0.787. The van der Waals surface area contributed by atoms with Crippen molar-refractivity contribution in [2.45, 2.75) is 129 Å². The van der Waals surface area contributed by atoms with Crippen LogP contribution >= 0.6 is 0 Å². The zero-order valence-corrected chi connectivity index (χ0v) is 15.2. The molecule has 0 saturated heterocycles. The summed E-state index contributed by atoms with van der Waals surface area (Å²) in [6.45, 7) is 4.63. The van der Waals surface area contributed by atoms with Gasteiger partial charge in [-0.1, -0.05) is 104 Å². The monoisotopic (exact) mass is 294 g/mol. The molecule has 1 aliphatic carbocycles. The number of hydrogen-bond acceptors (Lipinski definition) is 0. The van der Waals surface area contributed by atoms with E-state index in [-0.39, 0.29) is 0 Å². The summed E-state index contributed by atoms with van der Waals surface area (Å²) in [6, 6.07) is 0. The van der Waals surface area contributed by atoms with Gasteiger partial charge in [0.05, 0.1) is 0 Å². The Kier molecular flexibility index (Phi) is 11.4. The highest BCUT2D eigenvalue weighted by Crippen LogP contribution is 2.46. The molecule has 0 N–H and O–H groups in total. The molecule has 0 nitrogen and oxygen atoms in total. The molecule has 126 valence electrons. The van der Waals surface area contributed by atoms with E-state index < -0.39 is 0 Å². The van der Waals surface area contributed by atoms with E-state index in [1.54, 1.807) is 25.7 Å². The lowest BCUT2D eigenvalue weighted by molar-refractivity contribution is 0.229. The van der Waals surface area contributed by atoms with Crippen molar-refractivity contribution in [2.75, 3.05) is 0 Å². The first-order valence-corrected chi connectivity index (χ1v) is 10.3. The molecule has 1 rings (SSSR count). The molecular weight excluding hydrogens is 252 g/mol. The molecule has 1 fully saturated rings. The van der Waals surface area contributed by atoms with Crippen LogP contribution in [0.15, 0.2) is 0 Å². The lowest BCUT2D eigenvalue weighted by Crippen LogP contribution is -2.16. The third-order valence-corrected chi connectivity index (χ3v) is 5.79. The molecule has 0 unspecified atom stereocenters. The molecule has 0 aromatic heterocycles. The van der Waals surface area contributed by atoms with E-state index >= 15 is 0 Å². The second-order valence-corrected chi connectivity index (χ2v) is 7.74. The second-order valence-electron chi connectivity index (χ2n) is 7.74. The predicted octanol–water partition coefficient (Wildman–Crippen LogP) is 8.05. The van der Waals surface area contributed by atoms with Gasteiger partial charge in [0.1, 0.15) is 0 Å². The van der Waals surface area contributed by atoms with Crippen molar-refractivity contribution in [3.63, 3.8) is 0 Å². The number of unbranched alkanes of at least 4 members (excludes halogenated alkanes) is 10. The highest BCUT2D eigenvalue weighted by atomic mass is 14.4. The summed E-state index contributed by atoms with van der Waals surface area (Å²) in [7, 11) is 0. The quantitative estimate of drug-likeness (QED) is 0.284. The maximum Gasteiger partial charge on any atom is -0.0297 e. The smallest absolute Gasteiger partial charge is 0.0297 e. The van der Waals surface area contributed by atoms with Gasteiger partial charge in [-0.05, 0) is 31.1 Å². The summed E-state index contributed by atoms with van der Waals surface area (Å²) in [4.78, 5) is 0. The Bertz CT molecular complexity index is 194. The molecule has 0 atom stereocenters. The van der Waals surface area contributed by atoms with Crippen LogP contribution in [0.2, 0.25) is 0 Å². The molecule has 0 aromatic rings. The Morgan fingerprint density at radius 2 is 0.905 bits per heavy atom. The highest BCUT2D eigenvalue weighted by molar-refractivity contribution is 4.84. The molecule has 0 spiro atoms. The zero-order chi connectivity index (χ0) is 15.2. The minimum Gasteiger partial charge on any atom is -0.0654 e. The van der Waals surface area contributed by atoms with E-state index in [0.717, 1.165) is 5.41 Å². The fraction of sp³-hybridized carbons (Fsp3) is 1.00. The van der Waals surface area contributed by atoms with Crippen LogP contribution in [0.5, 0.6) is 0 Å². The van der Waals surface area contributed by atoms with Crippen molar-refractivity contribution >= 4 is 0 Å². The predicted molar refractivity (Wildman–Crippen MR) is 96.9 cm³/mol. The van der Waals surface area contributed by atoms with E-state index in [1.807, 2.05) is 0 Å². The van der Waals surface area contributed by atoms with Crippen molar-refractivity contribution in [3.05, 3.63) is 0 Å². The van der Waals surface area contributed by atoms with Crippen LogP contribution in [0.3, 0.4) is 0 Å². The van der Waals surface area contributed by atoms with Gasteiger partial charge in [0, 0.05) is 0 Å². The SMILES string of the molecule is CCCCCCCCC1(CCCCCCCC)CCCC1. The van der Waals surface area contributed by atoms with E-state index in [2.05, 4.69) is 13.8 Å². The van der Waals surface area contributed by atoms with Crippen LogP contribution in [0, 0.1) is 5.41 Å². The molecule has 0 radical (unpaired) electrons. The maximum atomic E-state index is 2.31. The van der Waals surface area contributed by atoms with Crippen LogP contribution in [0.1, 0.15) is 129 Å². The third-order valence-electron chi connectivity index (χ3n) is 5.79. The Morgan fingerprint density at radius 1 is 0.524 bits per heavy atom. The van der Waals surface area contributed by atoms with Crippen LogP contribution in [-0.4, -0.2) is 0 Å². The Labute approximate surface area is 135 Å². The molecule has 0 aliphatic heterocycles. The zero-order valence-electron chi connectivity index (χ0n) is 15.2. The van der Waals surface area contributed by atoms with Crippen LogP contribution in [0.4, 0.5) is 0 Å². The number of rotatable bonds is 14. The number of hydrogen-bond donors (Lipinski definition) is 0. The van der Waals surface area contributed by atoms with Gasteiger partial charge in [0.25, 0.3) is 0 Å². The molecule has 1 aliphatic rings. The molecule has 0 amide bonds. The van der Waals surface area contributed by atoms with Gasteiger partial charge >= 0.3 is 0 Å². The van der Waals surface area contributed by atoms with E-state index in [4.69, 9.17) is 0 Å². The van der Waals surface area contributed by atoms with Crippen LogP contribution < -0.4 is 0 Å². The van der Waals surface area contributed by atoms with Crippen LogP contribution in [-0.2, 0) is 0 Å². The normalized spacial score (nSPS) is 17.4. The summed E-state index contributed by atoms with van der Waals surface area (Å²) >= 11 is 0. The minimum atomic E-state index is 0.787. The fourth-order valence-corrected chi connectivity index (χ4v) is 4.31. The molecule has 0 heteroatoms. The largest absolute Gasteiger partial charge is 0.0654 e. The Morgan fingerprint density at radius 3 is 1.33 bits per heavy atom. The molecule has 0 aromatic carbocycles. The Hall–Kier alpha value is 0. The third kappa shape index (κ3) is 8.89. The molecular formula is C21H42. The summed E-state index contributed by atoms with van der Waals surface area (Å²) in [5, 5.41) is 0. The van der Waals surface area contributed by atoms with Crippen LogP contribution in [0.25, 0.3) is 0 Å². The summed E-state index contributed by atoms with van der Waals surface area (Å²) < 4.78 is 0. The van der Waals surface area contributed by atoms with E-state index in [9.17, 15) is 0 Å². The van der Waals surface area contributed by atoms with E-state index in [0.29, 0.717) is 0 Å². The second kappa shape index (κ2) is 12.5. The first kappa shape index (κ1) is 19.0. The van der Waals surface area contributed by atoms with Gasteiger partial charge in [-0.2, -0.15) is 0 Å². The molecule has 0 heterocycles. The summed E-state index contributed by atoms with van der Waals surface area (Å²) in [6.07, 6.45) is 26.8. The van der Waals surface area contributed by atoms with E-state index in [1.165, 1.54) is 89.9 Å². The summed E-state index contributed by atoms with van der Waals surface area (Å²) in [5.74, 6) is 0. The van der Waals surface area contributed by atoms with Gasteiger partial charge in [-0.15, -0.1) is 0 Å². The lowest BCUT2D eigenvalue weighted by Gasteiger charge is -2.29. The van der Waals surface area contributed by atoms with Crippen molar-refractivity contribution in [1.82, 2.24) is 0 Å². The first-order valence-electron chi connectivity index (χ1n) is 10.3. The molecule has 21 heavy (non-hydrogen) atoms. The molecule has 1 saturated carbocycles. The standard InChI is InChI=1S/C21H42/c1-3-5-7-9-11-13-17-21(19-15-16-20-21)18-14-12-10-8-6-4-2/h3-20H2,1-2H3. The van der Waals surface area contributed by atoms with Crippen molar-refractivity contribution in [1.29, 1.82) is 0 Å². The van der Waals surface area contributed by atoms with Crippen molar-refractivity contribution in [3.8, 4) is 0 Å². The van der Waals surface area contributed by atoms with Gasteiger partial charge < -0.3 is 0 Å². The highest BCUT2D eigenvalue weighted by Gasteiger charge is 2.32. The average molecular weight is 295 g/mol. The van der Waals surface area contributed by atoms with Gasteiger partial charge in [-0.25, -0.2) is 0 Å². The van der Waals surface area contributed by atoms with Gasteiger partial charge in [0.2, 0.25) is 0 Å². The maximum absolute atomic E-state index is 2.31. The lowest BCUT2D eigenvalue weighted by atomic mass is 9.76. The van der Waals surface area contributed by atoms with Crippen molar-refractivity contribution in [2.24, 2.45) is 5.41 Å². The first-order chi connectivity index (χ1) is 10.3. The topological polar surface area (TPSA) is 0 Å². The average Bonchev–Trinajstić information content (AvgIpc) is 2.96. The fourth-order valence-electron chi connectivity index (χ4n) is 4.31. The van der Waals surface area contributed by atoms with Crippen molar-refractivity contribution < 1.29 is 0 Å². The van der Waals surface area contributed by atoms with Gasteiger partial charge in [-0.3, -0.25) is 0 Å². The summed E-state index contributed by atoms with van der Waals surface area (Å²) in [5.41, 5.74) is 0.787. The van der Waals surface area contributed by atoms with Gasteiger partial charge in [0.15, 0.2) is 0 Å².